The van der Waals surface area contributed by atoms with Crippen molar-refractivity contribution >= 4 is 17.5 Å². The van der Waals surface area contributed by atoms with Gasteiger partial charge in [0.15, 0.2) is 0 Å². The van der Waals surface area contributed by atoms with E-state index in [0.29, 0.717) is 17.1 Å². The van der Waals surface area contributed by atoms with E-state index in [1.54, 1.807) is 19.2 Å². The molecule has 0 aliphatic carbocycles. The van der Waals surface area contributed by atoms with E-state index in [-0.39, 0.29) is 12.5 Å². The van der Waals surface area contributed by atoms with Gasteiger partial charge < -0.3 is 10.4 Å². The Hall–Kier alpha value is -1.10. The average Bonchev–Trinajstić information content (AvgIpc) is 2.39. The zero-order valence-electron chi connectivity index (χ0n) is 11.4. The monoisotopic (exact) mass is 284 g/mol. The van der Waals surface area contributed by atoms with Gasteiger partial charge in [-0.15, -0.1) is 0 Å². The number of aliphatic hydroxyl groups is 1. The summed E-state index contributed by atoms with van der Waals surface area (Å²) in [6.07, 6.45) is 0.233. The molecule has 4 nitrogen and oxygen atoms in total. The maximum atomic E-state index is 11.4. The number of aliphatic hydroxyl groups excluding tert-OH is 1. The molecule has 0 aliphatic rings. The van der Waals surface area contributed by atoms with Gasteiger partial charge in [0.05, 0.1) is 12.6 Å². The van der Waals surface area contributed by atoms with Crippen molar-refractivity contribution in [3.8, 4) is 0 Å². The predicted molar refractivity (Wildman–Crippen MR) is 77.2 cm³/mol. The van der Waals surface area contributed by atoms with Crippen LogP contribution in [-0.4, -0.2) is 42.6 Å². The SMILES string of the molecule is CCCN(CC(=O)NC)CC(O)c1ccccc1Cl. The number of halogens is 1. The molecule has 0 aliphatic heterocycles. The highest BCUT2D eigenvalue weighted by atomic mass is 35.5. The van der Waals surface area contributed by atoms with E-state index in [4.69, 9.17) is 11.6 Å². The van der Waals surface area contributed by atoms with Crippen LogP contribution >= 0.6 is 11.6 Å². The summed E-state index contributed by atoms with van der Waals surface area (Å²) in [6, 6.07) is 7.22. The van der Waals surface area contributed by atoms with Crippen molar-refractivity contribution in [3.63, 3.8) is 0 Å². The predicted octanol–water partition coefficient (Wildman–Crippen LogP) is 1.83. The Morgan fingerprint density at radius 3 is 2.74 bits per heavy atom. The fourth-order valence-electron chi connectivity index (χ4n) is 1.92. The number of nitrogens with one attached hydrogen (secondary N) is 1. The molecule has 5 heteroatoms. The first-order chi connectivity index (χ1) is 9.08. The van der Waals surface area contributed by atoms with Crippen LogP contribution < -0.4 is 5.32 Å². The van der Waals surface area contributed by atoms with Crippen LogP contribution in [0.25, 0.3) is 0 Å². The minimum atomic E-state index is -0.690. The van der Waals surface area contributed by atoms with Gasteiger partial charge in [0, 0.05) is 24.2 Å². The van der Waals surface area contributed by atoms with E-state index in [0.717, 1.165) is 13.0 Å². The molecule has 1 rings (SSSR count). The van der Waals surface area contributed by atoms with Gasteiger partial charge in [-0.2, -0.15) is 0 Å². The second kappa shape index (κ2) is 8.15. The number of hydrogen-bond donors (Lipinski definition) is 2. The van der Waals surface area contributed by atoms with Gasteiger partial charge in [-0.3, -0.25) is 9.69 Å². The van der Waals surface area contributed by atoms with E-state index in [2.05, 4.69) is 5.32 Å². The highest BCUT2D eigenvalue weighted by Crippen LogP contribution is 2.23. The van der Waals surface area contributed by atoms with Crippen LogP contribution in [-0.2, 0) is 4.79 Å². The minimum Gasteiger partial charge on any atom is -0.387 e. The number of rotatable bonds is 7. The average molecular weight is 285 g/mol. The lowest BCUT2D eigenvalue weighted by molar-refractivity contribution is -0.122. The van der Waals surface area contributed by atoms with Crippen molar-refractivity contribution in [2.45, 2.75) is 19.4 Å². The minimum absolute atomic E-state index is 0.0557. The molecule has 0 bridgehead atoms. The van der Waals surface area contributed by atoms with E-state index in [9.17, 15) is 9.90 Å². The summed E-state index contributed by atoms with van der Waals surface area (Å²) in [5.74, 6) is -0.0557. The van der Waals surface area contributed by atoms with Gasteiger partial charge in [-0.05, 0) is 19.0 Å². The third-order valence-electron chi connectivity index (χ3n) is 2.88. The molecular weight excluding hydrogens is 264 g/mol. The first-order valence-corrected chi connectivity index (χ1v) is 6.81. The first-order valence-electron chi connectivity index (χ1n) is 6.43. The normalized spacial score (nSPS) is 12.5. The molecule has 0 spiro atoms. The molecule has 1 aromatic carbocycles. The first kappa shape index (κ1) is 16.0. The van der Waals surface area contributed by atoms with Crippen molar-refractivity contribution < 1.29 is 9.90 Å². The third kappa shape index (κ3) is 5.19. The van der Waals surface area contributed by atoms with Crippen LogP contribution in [0.3, 0.4) is 0 Å². The summed E-state index contributed by atoms with van der Waals surface area (Å²) in [7, 11) is 1.61. The number of amides is 1. The van der Waals surface area contributed by atoms with E-state index in [1.807, 2.05) is 24.0 Å². The summed E-state index contributed by atoms with van der Waals surface area (Å²) in [5, 5.41) is 13.4. The molecule has 1 amide bonds. The molecule has 19 heavy (non-hydrogen) atoms. The highest BCUT2D eigenvalue weighted by molar-refractivity contribution is 6.31. The highest BCUT2D eigenvalue weighted by Gasteiger charge is 2.17. The van der Waals surface area contributed by atoms with Gasteiger partial charge in [0.1, 0.15) is 0 Å². The Morgan fingerprint density at radius 1 is 1.47 bits per heavy atom. The molecule has 1 aromatic rings. The van der Waals surface area contributed by atoms with Crippen LogP contribution in [0.5, 0.6) is 0 Å². The number of nitrogens with zero attached hydrogens (tertiary/aromatic N) is 1. The zero-order chi connectivity index (χ0) is 14.3. The number of carbonyl (C=O) groups excluding carboxylic acids is 1. The summed E-state index contributed by atoms with van der Waals surface area (Å²) in [5.41, 5.74) is 0.696. The van der Waals surface area contributed by atoms with Crippen LogP contribution in [0, 0.1) is 0 Å². The van der Waals surface area contributed by atoms with E-state index >= 15 is 0 Å². The van der Waals surface area contributed by atoms with Gasteiger partial charge >= 0.3 is 0 Å². The second-order valence-corrected chi connectivity index (χ2v) is 4.85. The van der Waals surface area contributed by atoms with Crippen molar-refractivity contribution in [3.05, 3.63) is 34.9 Å². The Labute approximate surface area is 119 Å². The molecular formula is C14H21ClN2O2. The lowest BCUT2D eigenvalue weighted by Gasteiger charge is -2.24. The molecule has 0 saturated carbocycles. The lowest BCUT2D eigenvalue weighted by Crippen LogP contribution is -2.38. The summed E-state index contributed by atoms with van der Waals surface area (Å²) >= 11 is 6.05. The maximum Gasteiger partial charge on any atom is 0.233 e. The molecule has 1 atom stereocenters. The number of likely N-dealkylation sites (N-methyl/N-ethyl adjacent to an activating group) is 1. The molecule has 106 valence electrons. The smallest absolute Gasteiger partial charge is 0.233 e. The molecule has 1 unspecified atom stereocenters. The van der Waals surface area contributed by atoms with Crippen LogP contribution in [0.2, 0.25) is 5.02 Å². The quantitative estimate of drug-likeness (QED) is 0.803. The molecule has 2 N–H and O–H groups in total. The van der Waals surface area contributed by atoms with Crippen molar-refractivity contribution in [1.29, 1.82) is 0 Å². The summed E-state index contributed by atoms with van der Waals surface area (Å²) in [6.45, 7) is 3.48. The van der Waals surface area contributed by atoms with Crippen LogP contribution in [0.4, 0.5) is 0 Å². The summed E-state index contributed by atoms with van der Waals surface area (Å²) < 4.78 is 0. The topological polar surface area (TPSA) is 52.6 Å². The second-order valence-electron chi connectivity index (χ2n) is 4.45. The Morgan fingerprint density at radius 2 is 2.16 bits per heavy atom. The van der Waals surface area contributed by atoms with Crippen molar-refractivity contribution in [1.82, 2.24) is 10.2 Å². The largest absolute Gasteiger partial charge is 0.387 e. The van der Waals surface area contributed by atoms with Gasteiger partial charge in [-0.25, -0.2) is 0 Å². The molecule has 0 radical (unpaired) electrons. The third-order valence-corrected chi connectivity index (χ3v) is 3.23. The van der Waals surface area contributed by atoms with Gasteiger partial charge in [0.25, 0.3) is 0 Å². The molecule has 0 aromatic heterocycles. The fourth-order valence-corrected chi connectivity index (χ4v) is 2.18. The number of hydrogen-bond acceptors (Lipinski definition) is 3. The molecule has 0 heterocycles. The van der Waals surface area contributed by atoms with Crippen molar-refractivity contribution in [2.75, 3.05) is 26.7 Å². The zero-order valence-corrected chi connectivity index (χ0v) is 12.2. The van der Waals surface area contributed by atoms with Crippen LogP contribution in [0.15, 0.2) is 24.3 Å². The Bertz CT molecular complexity index is 412. The van der Waals surface area contributed by atoms with Gasteiger partial charge in [0.2, 0.25) is 5.91 Å². The standard InChI is InChI=1S/C14H21ClN2O2/c1-3-8-17(10-14(19)16-2)9-13(18)11-6-4-5-7-12(11)15/h4-7,13,18H,3,8-10H2,1-2H3,(H,16,19). The Kier molecular flexibility index (Phi) is 6.84. The van der Waals surface area contributed by atoms with Crippen LogP contribution in [0.1, 0.15) is 25.0 Å². The Balaban J connectivity index is 2.68. The maximum absolute atomic E-state index is 11.4. The van der Waals surface area contributed by atoms with Crippen molar-refractivity contribution in [2.24, 2.45) is 0 Å². The molecule has 0 fully saturated rings. The lowest BCUT2D eigenvalue weighted by atomic mass is 10.1. The summed E-state index contributed by atoms with van der Waals surface area (Å²) in [4.78, 5) is 13.3. The fraction of sp³-hybridized carbons (Fsp3) is 0.500. The molecule has 0 saturated heterocycles. The number of benzene rings is 1. The number of carbonyl (C=O) groups is 1. The van der Waals surface area contributed by atoms with E-state index < -0.39 is 6.10 Å². The van der Waals surface area contributed by atoms with Gasteiger partial charge in [-0.1, -0.05) is 36.7 Å². The van der Waals surface area contributed by atoms with E-state index in [1.165, 1.54) is 0 Å².